The first-order chi connectivity index (χ1) is 12.6. The Morgan fingerprint density at radius 2 is 1.73 bits per heavy atom. The molecule has 1 fully saturated rings. The van der Waals surface area contributed by atoms with Crippen LogP contribution in [-0.4, -0.2) is 43.3 Å². The van der Waals surface area contributed by atoms with Crippen LogP contribution in [0, 0.1) is 5.92 Å². The number of ketones is 1. The normalized spacial score (nSPS) is 24.7. The van der Waals surface area contributed by atoms with E-state index in [-0.39, 0.29) is 11.7 Å². The number of carbonyl (C=O) groups is 2. The molecule has 1 saturated heterocycles. The van der Waals surface area contributed by atoms with E-state index in [2.05, 4.69) is 41.5 Å². The number of hydrogen-bond acceptors (Lipinski definition) is 3. The summed E-state index contributed by atoms with van der Waals surface area (Å²) in [4.78, 5) is 27.1. The number of rotatable bonds is 1. The summed E-state index contributed by atoms with van der Waals surface area (Å²) in [6, 6.07) is 12.4. The van der Waals surface area contributed by atoms with Crippen molar-refractivity contribution in [1.82, 2.24) is 10.2 Å². The van der Waals surface area contributed by atoms with Crippen LogP contribution in [0.4, 0.5) is 0 Å². The predicted octanol–water partition coefficient (Wildman–Crippen LogP) is 2.87. The van der Waals surface area contributed by atoms with Crippen LogP contribution < -0.4 is 5.32 Å². The van der Waals surface area contributed by atoms with Gasteiger partial charge >= 0.3 is 0 Å². The molecule has 4 nitrogen and oxygen atoms in total. The van der Waals surface area contributed by atoms with E-state index in [1.165, 1.54) is 0 Å². The van der Waals surface area contributed by atoms with Crippen LogP contribution in [0.3, 0.4) is 0 Å². The second-order valence-corrected chi connectivity index (χ2v) is 7.89. The number of aryl methyl sites for hydroxylation is 1. The van der Waals surface area contributed by atoms with Gasteiger partial charge in [-0.15, -0.1) is 0 Å². The van der Waals surface area contributed by atoms with Gasteiger partial charge in [-0.05, 0) is 53.8 Å². The fraction of sp³-hybridized carbons (Fsp3) is 0.364. The van der Waals surface area contributed by atoms with E-state index in [4.69, 9.17) is 0 Å². The maximum absolute atomic E-state index is 12.7. The first kappa shape index (κ1) is 15.8. The number of Topliss-reactive ketones (excluding diaryl/α,β-unsaturated/α-hetero) is 1. The molecule has 3 aliphatic rings. The highest BCUT2D eigenvalue weighted by Crippen LogP contribution is 2.37. The molecule has 2 atom stereocenters. The molecule has 0 saturated carbocycles. The zero-order valence-corrected chi connectivity index (χ0v) is 14.9. The van der Waals surface area contributed by atoms with Crippen LogP contribution in [0.1, 0.15) is 44.2 Å². The minimum atomic E-state index is 0.0242. The van der Waals surface area contributed by atoms with E-state index in [0.717, 1.165) is 59.4 Å². The third kappa shape index (κ3) is 2.40. The van der Waals surface area contributed by atoms with Gasteiger partial charge in [0.05, 0.1) is 0 Å². The first-order valence-electron chi connectivity index (χ1n) is 9.37. The Morgan fingerprint density at radius 3 is 2.58 bits per heavy atom. The zero-order valence-electron chi connectivity index (χ0n) is 14.9. The number of fused-ring (bicyclic) bond motifs is 4. The molecule has 1 N–H and O–H groups in total. The first-order valence-corrected chi connectivity index (χ1v) is 9.37. The lowest BCUT2D eigenvalue weighted by molar-refractivity contribution is 0.0950. The summed E-state index contributed by atoms with van der Waals surface area (Å²) >= 11 is 0. The van der Waals surface area contributed by atoms with Gasteiger partial charge in [-0.2, -0.15) is 0 Å². The Bertz CT molecular complexity index is 934. The van der Waals surface area contributed by atoms with Crippen molar-refractivity contribution in [2.45, 2.75) is 18.8 Å². The summed E-state index contributed by atoms with van der Waals surface area (Å²) < 4.78 is 0. The van der Waals surface area contributed by atoms with Crippen molar-refractivity contribution in [3.05, 3.63) is 58.7 Å². The monoisotopic (exact) mass is 346 g/mol. The fourth-order valence-corrected chi connectivity index (χ4v) is 4.84. The van der Waals surface area contributed by atoms with Gasteiger partial charge in [-0.3, -0.25) is 9.59 Å². The van der Waals surface area contributed by atoms with E-state index in [1.54, 1.807) is 0 Å². The van der Waals surface area contributed by atoms with Crippen LogP contribution in [-0.2, 0) is 6.42 Å². The third-order valence-electron chi connectivity index (χ3n) is 6.21. The Balaban J connectivity index is 1.58. The van der Waals surface area contributed by atoms with E-state index >= 15 is 0 Å². The van der Waals surface area contributed by atoms with E-state index in [0.29, 0.717) is 18.3 Å². The van der Waals surface area contributed by atoms with Gasteiger partial charge in [0.1, 0.15) is 0 Å². The molecule has 2 aliphatic heterocycles. The minimum Gasteiger partial charge on any atom is -0.352 e. The Labute approximate surface area is 153 Å². The summed E-state index contributed by atoms with van der Waals surface area (Å²) in [7, 11) is 2.14. The van der Waals surface area contributed by atoms with Gasteiger partial charge in [0.15, 0.2) is 5.78 Å². The van der Waals surface area contributed by atoms with Crippen LogP contribution in [0.5, 0.6) is 0 Å². The molecule has 2 aromatic carbocycles. The summed E-state index contributed by atoms with van der Waals surface area (Å²) in [6.07, 6.45) is 1.46. The minimum absolute atomic E-state index is 0.0242. The molecule has 0 aromatic heterocycles. The number of amides is 1. The summed E-state index contributed by atoms with van der Waals surface area (Å²) in [5.74, 6) is 1.14. The average molecular weight is 346 g/mol. The second kappa shape index (κ2) is 5.78. The van der Waals surface area contributed by atoms with Gasteiger partial charge in [0.25, 0.3) is 5.91 Å². The molecular formula is C22H22N2O2. The van der Waals surface area contributed by atoms with Crippen molar-refractivity contribution in [2.75, 3.05) is 26.7 Å². The quantitative estimate of drug-likeness (QED) is 0.864. The number of carbonyl (C=O) groups excluding carboxylic acids is 2. The van der Waals surface area contributed by atoms with Crippen molar-refractivity contribution in [2.24, 2.45) is 5.92 Å². The van der Waals surface area contributed by atoms with Crippen LogP contribution in [0.25, 0.3) is 11.1 Å². The maximum atomic E-state index is 12.7. The number of nitrogens with one attached hydrogen (secondary N) is 1. The molecular weight excluding hydrogens is 324 g/mol. The predicted molar refractivity (Wildman–Crippen MR) is 101 cm³/mol. The van der Waals surface area contributed by atoms with Crippen molar-refractivity contribution < 1.29 is 9.59 Å². The fourth-order valence-electron chi connectivity index (χ4n) is 4.84. The van der Waals surface area contributed by atoms with Gasteiger partial charge < -0.3 is 10.2 Å². The lowest BCUT2D eigenvalue weighted by atomic mass is 9.86. The van der Waals surface area contributed by atoms with Crippen LogP contribution in [0.15, 0.2) is 36.4 Å². The second-order valence-electron chi connectivity index (χ2n) is 7.89. The Kier molecular flexibility index (Phi) is 3.50. The van der Waals surface area contributed by atoms with Crippen molar-refractivity contribution in [3.63, 3.8) is 0 Å². The van der Waals surface area contributed by atoms with Crippen molar-refractivity contribution in [3.8, 4) is 11.1 Å². The van der Waals surface area contributed by atoms with Gasteiger partial charge in [-0.25, -0.2) is 0 Å². The Hall–Kier alpha value is -2.46. The Morgan fingerprint density at radius 1 is 0.962 bits per heavy atom. The zero-order chi connectivity index (χ0) is 17.8. The maximum Gasteiger partial charge on any atom is 0.251 e. The van der Waals surface area contributed by atoms with Gasteiger partial charge in [-0.1, -0.05) is 24.3 Å². The highest BCUT2D eigenvalue weighted by atomic mass is 16.1. The summed E-state index contributed by atoms with van der Waals surface area (Å²) in [6.45, 7) is 2.77. The van der Waals surface area contributed by atoms with Crippen molar-refractivity contribution in [1.29, 1.82) is 0 Å². The number of hydrogen-bond donors (Lipinski definition) is 1. The van der Waals surface area contributed by atoms with Gasteiger partial charge in [0, 0.05) is 43.1 Å². The highest BCUT2D eigenvalue weighted by molar-refractivity contribution is 6.02. The number of nitrogens with zero attached hydrogens (tertiary/aromatic N) is 1. The van der Waals surface area contributed by atoms with Gasteiger partial charge in [0.2, 0.25) is 0 Å². The number of likely N-dealkylation sites (N-methyl/N-ethyl adjacent to an activating group) is 1. The molecule has 0 unspecified atom stereocenters. The molecule has 0 bridgehead atoms. The summed E-state index contributed by atoms with van der Waals surface area (Å²) in [5, 5.41) is 3.10. The van der Waals surface area contributed by atoms with E-state index in [9.17, 15) is 9.59 Å². The van der Waals surface area contributed by atoms with E-state index < -0.39 is 0 Å². The van der Waals surface area contributed by atoms with Crippen LogP contribution in [0.2, 0.25) is 0 Å². The molecule has 1 amide bonds. The highest BCUT2D eigenvalue weighted by Gasteiger charge is 2.36. The molecule has 1 aliphatic carbocycles. The molecule has 4 heteroatoms. The van der Waals surface area contributed by atoms with Crippen molar-refractivity contribution >= 4 is 11.7 Å². The third-order valence-corrected chi connectivity index (χ3v) is 6.21. The van der Waals surface area contributed by atoms with E-state index in [1.807, 2.05) is 12.1 Å². The SMILES string of the molecule is CN1C[C@H]2CNC(=O)c3cc(-c4ccc5c(c4)C(=O)CC5)ccc3[C@@H]2C1. The smallest absolute Gasteiger partial charge is 0.251 e. The molecule has 5 rings (SSSR count). The molecule has 0 spiro atoms. The largest absolute Gasteiger partial charge is 0.352 e. The molecule has 0 radical (unpaired) electrons. The number of benzene rings is 2. The lowest BCUT2D eigenvalue weighted by Crippen LogP contribution is -2.29. The molecule has 2 aromatic rings. The molecule has 132 valence electrons. The average Bonchev–Trinajstić information content (AvgIpc) is 3.18. The topological polar surface area (TPSA) is 49.4 Å². The lowest BCUT2D eigenvalue weighted by Gasteiger charge is -2.17. The number of likely N-dealkylation sites (tertiary alicyclic amines) is 1. The molecule has 26 heavy (non-hydrogen) atoms. The summed E-state index contributed by atoms with van der Waals surface area (Å²) in [5.41, 5.74) is 5.96. The molecule has 2 heterocycles. The standard InChI is InChI=1S/C22H22N2O2/c1-24-11-16-10-23-22(26)19-9-15(4-6-17(19)20(16)12-24)14-3-2-13-5-7-21(25)18(13)8-14/h2-4,6,8-9,16,20H,5,7,10-12H2,1H3,(H,23,26)/t16-,20-/m1/s1. The van der Waals surface area contributed by atoms with Crippen LogP contribution >= 0.6 is 0 Å².